The van der Waals surface area contributed by atoms with Crippen molar-refractivity contribution in [1.29, 1.82) is 0 Å². The highest BCUT2D eigenvalue weighted by Crippen LogP contribution is 2.14. The molecule has 0 saturated heterocycles. The second-order valence-electron chi connectivity index (χ2n) is 4.56. The van der Waals surface area contributed by atoms with Gasteiger partial charge in [0.2, 0.25) is 5.91 Å². The summed E-state index contributed by atoms with van der Waals surface area (Å²) >= 11 is 0. The fourth-order valence-corrected chi connectivity index (χ4v) is 1.92. The maximum Gasteiger partial charge on any atom is 0.317 e. The van der Waals surface area contributed by atoms with Gasteiger partial charge in [0.25, 0.3) is 5.91 Å². The van der Waals surface area contributed by atoms with Gasteiger partial charge >= 0.3 is 5.97 Å². The summed E-state index contributed by atoms with van der Waals surface area (Å²) in [6.07, 6.45) is 0.735. The summed E-state index contributed by atoms with van der Waals surface area (Å²) in [7, 11) is 0. The number of para-hydroxylation sites is 1. The van der Waals surface area contributed by atoms with E-state index in [1.54, 1.807) is 18.2 Å². The number of carbonyl (C=O) groups excluding carboxylic acids is 2. The van der Waals surface area contributed by atoms with Crippen molar-refractivity contribution in [2.75, 3.05) is 25.0 Å². The largest absolute Gasteiger partial charge is 0.480 e. The van der Waals surface area contributed by atoms with Crippen molar-refractivity contribution in [1.82, 2.24) is 4.90 Å². The molecule has 0 aliphatic heterocycles. The summed E-state index contributed by atoms with van der Waals surface area (Å²) in [5.74, 6) is -2.02. The first-order chi connectivity index (χ1) is 9.93. The molecule has 1 rings (SSSR count). The number of nitrogens with two attached hydrogens (primary N) is 1. The number of nitrogens with zero attached hydrogens (tertiary/aromatic N) is 1. The molecule has 114 valence electrons. The zero-order valence-electron chi connectivity index (χ0n) is 11.8. The van der Waals surface area contributed by atoms with Crippen molar-refractivity contribution < 1.29 is 19.5 Å². The molecule has 0 fully saturated rings. The van der Waals surface area contributed by atoms with Gasteiger partial charge in [0.05, 0.1) is 24.3 Å². The van der Waals surface area contributed by atoms with Gasteiger partial charge in [0, 0.05) is 0 Å². The Labute approximate surface area is 122 Å². The first-order valence-electron chi connectivity index (χ1n) is 6.56. The second kappa shape index (κ2) is 8.01. The zero-order valence-corrected chi connectivity index (χ0v) is 11.8. The number of carboxylic acids is 1. The Morgan fingerprint density at radius 1 is 1.24 bits per heavy atom. The predicted octanol–water partition coefficient (Wildman–Crippen LogP) is 0.521. The predicted molar refractivity (Wildman–Crippen MR) is 78.0 cm³/mol. The maximum absolute atomic E-state index is 12.0. The van der Waals surface area contributed by atoms with E-state index in [4.69, 9.17) is 10.8 Å². The monoisotopic (exact) mass is 293 g/mol. The van der Waals surface area contributed by atoms with Crippen molar-refractivity contribution in [3.8, 4) is 0 Å². The Morgan fingerprint density at radius 2 is 1.90 bits per heavy atom. The Kier molecular flexibility index (Phi) is 6.35. The van der Waals surface area contributed by atoms with Crippen LogP contribution in [0.15, 0.2) is 24.3 Å². The lowest BCUT2D eigenvalue weighted by Crippen LogP contribution is -2.37. The van der Waals surface area contributed by atoms with Crippen LogP contribution in [0.5, 0.6) is 0 Å². The van der Waals surface area contributed by atoms with E-state index in [0.717, 1.165) is 6.42 Å². The summed E-state index contributed by atoms with van der Waals surface area (Å²) in [5.41, 5.74) is 5.76. The number of hydrogen-bond donors (Lipinski definition) is 3. The van der Waals surface area contributed by atoms with Gasteiger partial charge in [-0.2, -0.15) is 0 Å². The third-order valence-electron chi connectivity index (χ3n) is 2.73. The normalized spacial score (nSPS) is 10.4. The minimum atomic E-state index is -0.992. The molecule has 21 heavy (non-hydrogen) atoms. The van der Waals surface area contributed by atoms with Crippen LogP contribution in [-0.4, -0.2) is 47.4 Å². The number of amides is 2. The molecular weight excluding hydrogens is 274 g/mol. The van der Waals surface area contributed by atoms with Gasteiger partial charge in [-0.1, -0.05) is 19.1 Å². The highest BCUT2D eigenvalue weighted by atomic mass is 16.4. The second-order valence-corrected chi connectivity index (χ2v) is 4.56. The van der Waals surface area contributed by atoms with E-state index in [1.165, 1.54) is 11.0 Å². The number of primary amides is 1. The van der Waals surface area contributed by atoms with E-state index < -0.39 is 17.8 Å². The van der Waals surface area contributed by atoms with Crippen LogP contribution in [0, 0.1) is 0 Å². The number of anilines is 1. The highest BCUT2D eigenvalue weighted by molar-refractivity contribution is 6.03. The van der Waals surface area contributed by atoms with Crippen LogP contribution >= 0.6 is 0 Å². The number of aliphatic carboxylic acids is 1. The number of hydrogen-bond acceptors (Lipinski definition) is 4. The Hall–Kier alpha value is -2.41. The van der Waals surface area contributed by atoms with Gasteiger partial charge in [-0.3, -0.25) is 19.3 Å². The molecule has 0 heterocycles. The lowest BCUT2D eigenvalue weighted by atomic mass is 10.1. The lowest BCUT2D eigenvalue weighted by molar-refractivity contribution is -0.138. The van der Waals surface area contributed by atoms with Gasteiger partial charge in [-0.05, 0) is 25.1 Å². The fraction of sp³-hybridized carbons (Fsp3) is 0.357. The smallest absolute Gasteiger partial charge is 0.317 e. The standard InChI is InChI=1S/C14H19N3O4/c1-2-7-17(9-13(19)20)8-12(18)16-11-6-4-3-5-10(11)14(15)21/h3-6H,2,7-9H2,1H3,(H2,15,21)(H,16,18)(H,19,20). The van der Waals surface area contributed by atoms with E-state index in [9.17, 15) is 14.4 Å². The summed E-state index contributed by atoms with van der Waals surface area (Å²) in [5, 5.41) is 11.4. The lowest BCUT2D eigenvalue weighted by Gasteiger charge is -2.19. The van der Waals surface area contributed by atoms with Crippen LogP contribution in [0.25, 0.3) is 0 Å². The van der Waals surface area contributed by atoms with Crippen LogP contribution in [0.1, 0.15) is 23.7 Å². The molecule has 0 atom stereocenters. The summed E-state index contributed by atoms with van der Waals surface area (Å²) < 4.78 is 0. The minimum absolute atomic E-state index is 0.0623. The van der Waals surface area contributed by atoms with E-state index in [-0.39, 0.29) is 18.7 Å². The quantitative estimate of drug-likeness (QED) is 0.647. The van der Waals surface area contributed by atoms with E-state index in [1.807, 2.05) is 6.92 Å². The first kappa shape index (κ1) is 16.6. The fourth-order valence-electron chi connectivity index (χ4n) is 1.92. The molecule has 2 amide bonds. The molecule has 0 spiro atoms. The molecule has 1 aromatic rings. The van der Waals surface area contributed by atoms with Crippen LogP contribution in [0.4, 0.5) is 5.69 Å². The van der Waals surface area contributed by atoms with Crippen molar-refractivity contribution in [2.24, 2.45) is 5.73 Å². The minimum Gasteiger partial charge on any atom is -0.480 e. The van der Waals surface area contributed by atoms with E-state index >= 15 is 0 Å². The zero-order chi connectivity index (χ0) is 15.8. The molecule has 0 aliphatic carbocycles. The van der Waals surface area contributed by atoms with Crippen molar-refractivity contribution in [2.45, 2.75) is 13.3 Å². The Morgan fingerprint density at radius 3 is 2.48 bits per heavy atom. The first-order valence-corrected chi connectivity index (χ1v) is 6.56. The number of carbonyl (C=O) groups is 3. The molecule has 0 bridgehead atoms. The summed E-state index contributed by atoms with van der Waals surface area (Å²) in [6, 6.07) is 6.39. The Bertz CT molecular complexity index is 531. The summed E-state index contributed by atoms with van der Waals surface area (Å²) in [6.45, 7) is 2.12. The number of nitrogens with one attached hydrogen (secondary N) is 1. The molecule has 1 aromatic carbocycles. The van der Waals surface area contributed by atoms with Crippen LogP contribution in [-0.2, 0) is 9.59 Å². The molecule has 7 heteroatoms. The molecule has 0 unspecified atom stereocenters. The maximum atomic E-state index is 12.0. The topological polar surface area (TPSA) is 113 Å². The van der Waals surface area contributed by atoms with Gasteiger partial charge in [-0.25, -0.2) is 0 Å². The van der Waals surface area contributed by atoms with Crippen molar-refractivity contribution >= 4 is 23.5 Å². The average molecular weight is 293 g/mol. The molecule has 4 N–H and O–H groups in total. The van der Waals surface area contributed by atoms with Gasteiger partial charge in [0.1, 0.15) is 0 Å². The molecule has 0 aliphatic rings. The van der Waals surface area contributed by atoms with Crippen molar-refractivity contribution in [3.05, 3.63) is 29.8 Å². The summed E-state index contributed by atoms with van der Waals surface area (Å²) in [4.78, 5) is 35.5. The van der Waals surface area contributed by atoms with E-state index in [0.29, 0.717) is 12.2 Å². The van der Waals surface area contributed by atoms with E-state index in [2.05, 4.69) is 5.32 Å². The number of benzene rings is 1. The van der Waals surface area contributed by atoms with Crippen LogP contribution in [0.2, 0.25) is 0 Å². The number of carboxylic acid groups (broad SMARTS) is 1. The van der Waals surface area contributed by atoms with Crippen LogP contribution in [0.3, 0.4) is 0 Å². The third-order valence-corrected chi connectivity index (χ3v) is 2.73. The third kappa shape index (κ3) is 5.62. The highest BCUT2D eigenvalue weighted by Gasteiger charge is 2.15. The molecule has 0 aromatic heterocycles. The Balaban J connectivity index is 2.72. The molecule has 7 nitrogen and oxygen atoms in total. The SMILES string of the molecule is CCCN(CC(=O)O)CC(=O)Nc1ccccc1C(N)=O. The molecular formula is C14H19N3O4. The van der Waals surface area contributed by atoms with Gasteiger partial charge < -0.3 is 16.2 Å². The average Bonchev–Trinajstić information content (AvgIpc) is 2.38. The van der Waals surface area contributed by atoms with Gasteiger partial charge in [-0.15, -0.1) is 0 Å². The molecule has 0 saturated carbocycles. The van der Waals surface area contributed by atoms with Crippen molar-refractivity contribution in [3.63, 3.8) is 0 Å². The number of rotatable bonds is 8. The molecule has 0 radical (unpaired) electrons. The van der Waals surface area contributed by atoms with Crippen LogP contribution < -0.4 is 11.1 Å². The van der Waals surface area contributed by atoms with Gasteiger partial charge in [0.15, 0.2) is 0 Å².